The summed E-state index contributed by atoms with van der Waals surface area (Å²) < 4.78 is 0. The fourth-order valence-corrected chi connectivity index (χ4v) is 8.64. The number of quaternary nitrogens is 1. The van der Waals surface area contributed by atoms with Gasteiger partial charge in [0.15, 0.2) is 6.04 Å². The number of nitrogens with two attached hydrogens (primary N) is 2. The van der Waals surface area contributed by atoms with Crippen molar-refractivity contribution in [2.75, 3.05) is 24.7 Å². The molecule has 1 aromatic carbocycles. The van der Waals surface area contributed by atoms with Crippen molar-refractivity contribution in [1.29, 1.82) is 0 Å². The highest BCUT2D eigenvalue weighted by atomic mass is 33.1. The molecule has 1 saturated heterocycles. The molecule has 1 aliphatic heterocycles. The Hall–Kier alpha value is -5.70. The van der Waals surface area contributed by atoms with Crippen molar-refractivity contribution in [3.63, 3.8) is 0 Å². The first-order valence-corrected chi connectivity index (χ1v) is 24.1. The third-order valence-corrected chi connectivity index (χ3v) is 12.9. The molecule has 0 radical (unpaired) electrons. The number of rotatable bonds is 18. The number of hydrogen-bond donors (Lipinski definition) is 14. The van der Waals surface area contributed by atoms with Gasteiger partial charge in [0.1, 0.15) is 48.0 Å². The van der Waals surface area contributed by atoms with E-state index in [9.17, 15) is 63.3 Å². The molecular weight excluding hydrogens is 919 g/mol. The SMILES string of the molecule is CC[C@H](C)[C@@H]1NC(=O)[C@H](Cc2ccc(O)cc2)NC(=O)[C@@H]([NH3+])CSSC[C@@H](C(=O)N[C@H](C(=O)N[C@@H](CC(C)C)C(=O)N[C@@H](CO)C(N)=O)[C@@H](C)O)NC(=O)CNC(=O)[C@H](CCC(N)=O)NC1=O. The normalized spacial score (nSPS) is 22.7. The molecule has 26 heteroatoms. The van der Waals surface area contributed by atoms with Crippen molar-refractivity contribution in [2.45, 2.75) is 121 Å². The summed E-state index contributed by atoms with van der Waals surface area (Å²) in [5, 5.41) is 49.7. The molecule has 24 nitrogen and oxygen atoms in total. The van der Waals surface area contributed by atoms with Crippen LogP contribution in [0.3, 0.4) is 0 Å². The van der Waals surface area contributed by atoms with Gasteiger partial charge in [0.05, 0.1) is 25.0 Å². The Morgan fingerprint density at radius 1 is 0.806 bits per heavy atom. The minimum absolute atomic E-state index is 0.0118. The number of amides is 10. The minimum Gasteiger partial charge on any atom is -0.508 e. The second-order valence-corrected chi connectivity index (χ2v) is 19.1. The maximum absolute atomic E-state index is 14.0. The Morgan fingerprint density at radius 3 is 1.99 bits per heavy atom. The average Bonchev–Trinajstić information content (AvgIpc) is 3.26. The molecule has 0 bridgehead atoms. The van der Waals surface area contributed by atoms with E-state index in [1.54, 1.807) is 39.8 Å². The van der Waals surface area contributed by atoms with Gasteiger partial charge in [0.2, 0.25) is 53.2 Å². The fraction of sp³-hybridized carbons (Fsp3) is 0.610. The van der Waals surface area contributed by atoms with Crippen LogP contribution >= 0.6 is 21.6 Å². The Balaban J connectivity index is 2.49. The maximum Gasteiger partial charge on any atom is 0.279 e. The topological polar surface area (TPSA) is 407 Å². The van der Waals surface area contributed by atoms with E-state index in [1.807, 2.05) is 0 Å². The average molecular weight is 985 g/mol. The summed E-state index contributed by atoms with van der Waals surface area (Å²) in [4.78, 5) is 132. The zero-order valence-electron chi connectivity index (χ0n) is 38.1. The summed E-state index contributed by atoms with van der Waals surface area (Å²) in [5.74, 6) is -9.81. The number of primary amides is 2. The summed E-state index contributed by atoms with van der Waals surface area (Å²) in [6, 6.07) is -5.06. The Labute approximate surface area is 395 Å². The van der Waals surface area contributed by atoms with Gasteiger partial charge in [-0.05, 0) is 49.3 Å². The van der Waals surface area contributed by atoms with Crippen LogP contribution in [0.25, 0.3) is 0 Å². The second kappa shape index (κ2) is 28.5. The van der Waals surface area contributed by atoms with E-state index in [4.69, 9.17) is 11.5 Å². The molecule has 67 heavy (non-hydrogen) atoms. The Bertz CT molecular complexity index is 1910. The van der Waals surface area contributed by atoms with E-state index < -0.39 is 133 Å². The fourth-order valence-electron chi connectivity index (χ4n) is 6.28. The third-order valence-electron chi connectivity index (χ3n) is 10.4. The second-order valence-electron chi connectivity index (χ2n) is 16.5. The lowest BCUT2D eigenvalue weighted by Crippen LogP contribution is -2.70. The van der Waals surface area contributed by atoms with Gasteiger partial charge in [-0.15, -0.1) is 0 Å². The van der Waals surface area contributed by atoms with Crippen LogP contribution in [0.2, 0.25) is 0 Å². The standard InChI is InChI=1S/C41H65N11O13S2/c1-6-20(4)32-40(64)47-25(11-12-30(43)56)36(60)45-15-31(57)46-29(18-67-66-17-24(42)35(59)48-27(38(62)51-32)14-22-7-9-23(55)10-8-22)39(63)52-33(21(5)54)41(65)49-26(13-19(2)3)37(61)50-28(16-53)34(44)58/h7-10,19-21,24-29,32-33,53-55H,6,11-18,42H2,1-5H3,(H2,43,56)(H2,44,58)(H,45,60)(H,46,57)(H,47,64)(H,48,59)(H,49,65)(H,50,61)(H,51,62)(H,52,63)/p+1/t20-,21+,24-,25-,26-,27-,28-,29-,32-,33-/m0/s1. The van der Waals surface area contributed by atoms with Crippen LogP contribution in [-0.4, -0.2) is 153 Å². The number of aromatic hydroxyl groups is 1. The molecule has 2 rings (SSSR count). The van der Waals surface area contributed by atoms with E-state index in [-0.39, 0.29) is 48.9 Å². The predicted molar refractivity (Wildman–Crippen MR) is 245 cm³/mol. The Kier molecular flexibility index (Phi) is 24.4. The van der Waals surface area contributed by atoms with Crippen molar-refractivity contribution in [3.8, 4) is 5.75 Å². The highest BCUT2D eigenvalue weighted by Crippen LogP contribution is 2.23. The lowest BCUT2D eigenvalue weighted by molar-refractivity contribution is -0.396. The van der Waals surface area contributed by atoms with Crippen LogP contribution in [0.1, 0.15) is 65.9 Å². The smallest absolute Gasteiger partial charge is 0.279 e. The van der Waals surface area contributed by atoms with E-state index in [0.29, 0.717) is 12.0 Å². The molecule has 10 atom stereocenters. The molecule has 0 aliphatic carbocycles. The molecule has 1 aliphatic rings. The van der Waals surface area contributed by atoms with Gasteiger partial charge in [0.25, 0.3) is 5.91 Å². The van der Waals surface area contributed by atoms with Gasteiger partial charge in [0, 0.05) is 18.6 Å². The van der Waals surface area contributed by atoms with Crippen molar-refractivity contribution < 1.29 is 69.0 Å². The lowest BCUT2D eigenvalue weighted by atomic mass is 9.96. The molecule has 0 saturated carbocycles. The molecule has 0 spiro atoms. The largest absolute Gasteiger partial charge is 0.508 e. The van der Waals surface area contributed by atoms with Gasteiger partial charge in [-0.3, -0.25) is 47.9 Å². The zero-order chi connectivity index (χ0) is 50.5. The van der Waals surface area contributed by atoms with Crippen LogP contribution in [-0.2, 0) is 54.4 Å². The first-order chi connectivity index (χ1) is 31.5. The number of benzene rings is 1. The van der Waals surface area contributed by atoms with Crippen LogP contribution in [0, 0.1) is 11.8 Å². The molecule has 10 amide bonds. The quantitative estimate of drug-likeness (QED) is 0.0611. The highest BCUT2D eigenvalue weighted by molar-refractivity contribution is 8.76. The molecule has 1 heterocycles. The van der Waals surface area contributed by atoms with E-state index in [0.717, 1.165) is 21.6 Å². The molecule has 374 valence electrons. The van der Waals surface area contributed by atoms with Crippen LogP contribution in [0.4, 0.5) is 0 Å². The van der Waals surface area contributed by atoms with Gasteiger partial charge < -0.3 is 75.1 Å². The number of aliphatic hydroxyl groups is 2. The van der Waals surface area contributed by atoms with Gasteiger partial charge >= 0.3 is 0 Å². The zero-order valence-corrected chi connectivity index (χ0v) is 39.8. The first kappa shape index (κ1) is 57.4. The van der Waals surface area contributed by atoms with Crippen molar-refractivity contribution >= 4 is 80.7 Å². The van der Waals surface area contributed by atoms with E-state index in [2.05, 4.69) is 48.3 Å². The molecule has 18 N–H and O–H groups in total. The summed E-state index contributed by atoms with van der Waals surface area (Å²) >= 11 is 0. The van der Waals surface area contributed by atoms with Crippen LogP contribution < -0.4 is 59.7 Å². The summed E-state index contributed by atoms with van der Waals surface area (Å²) in [7, 11) is 2.08. The highest BCUT2D eigenvalue weighted by Gasteiger charge is 2.36. The third kappa shape index (κ3) is 20.0. The van der Waals surface area contributed by atoms with Crippen molar-refractivity contribution in [2.24, 2.45) is 23.3 Å². The van der Waals surface area contributed by atoms with Gasteiger partial charge in [-0.1, -0.05) is 67.8 Å². The van der Waals surface area contributed by atoms with Crippen LogP contribution in [0.5, 0.6) is 5.75 Å². The van der Waals surface area contributed by atoms with Crippen LogP contribution in [0.15, 0.2) is 24.3 Å². The van der Waals surface area contributed by atoms with Crippen molar-refractivity contribution in [3.05, 3.63) is 29.8 Å². The number of nitrogens with one attached hydrogen (secondary N) is 8. The number of hydrogen-bond acceptors (Lipinski definition) is 15. The molecule has 0 unspecified atom stereocenters. The number of phenols is 1. The van der Waals surface area contributed by atoms with Gasteiger partial charge in [-0.2, -0.15) is 0 Å². The maximum atomic E-state index is 14.0. The monoisotopic (exact) mass is 984 g/mol. The lowest BCUT2D eigenvalue weighted by Gasteiger charge is -2.29. The molecule has 1 fully saturated rings. The molecule has 1 aromatic rings. The van der Waals surface area contributed by atoms with E-state index in [1.165, 1.54) is 19.1 Å². The van der Waals surface area contributed by atoms with E-state index >= 15 is 0 Å². The summed E-state index contributed by atoms with van der Waals surface area (Å²) in [6.45, 7) is 6.50. The molecular formula is C41H66N11O13S2+. The Morgan fingerprint density at radius 2 is 1.42 bits per heavy atom. The number of carbonyl (C=O) groups excluding carboxylic acids is 10. The number of carbonyl (C=O) groups is 10. The first-order valence-electron chi connectivity index (χ1n) is 21.6. The minimum atomic E-state index is -1.72. The summed E-state index contributed by atoms with van der Waals surface area (Å²) in [5.41, 5.74) is 15.0. The number of phenolic OH excluding ortho intramolecular Hbond substituents is 1. The molecule has 0 aromatic heterocycles. The van der Waals surface area contributed by atoms with Crippen molar-refractivity contribution in [1.82, 2.24) is 42.5 Å². The number of aliphatic hydroxyl groups excluding tert-OH is 2. The van der Waals surface area contributed by atoms with Gasteiger partial charge in [-0.25, -0.2) is 0 Å². The predicted octanol–water partition coefficient (Wildman–Crippen LogP) is -5.33. The summed E-state index contributed by atoms with van der Waals surface area (Å²) in [6.07, 6.45) is -1.93.